The fourth-order valence-corrected chi connectivity index (χ4v) is 5.63. The first-order chi connectivity index (χ1) is 9.90. The fraction of sp³-hybridized carbons (Fsp3) is 0.429. The van der Waals surface area contributed by atoms with Crippen molar-refractivity contribution in [1.29, 1.82) is 0 Å². The minimum Gasteiger partial charge on any atom is -0.396 e. The molecule has 0 radical (unpaired) electrons. The smallest absolute Gasteiger partial charge is 0.250 e. The van der Waals surface area contributed by atoms with Gasteiger partial charge in [0.2, 0.25) is 10.0 Å². The Balaban J connectivity index is 2.02. The zero-order valence-electron chi connectivity index (χ0n) is 12.0. The number of aryl methyl sites for hydroxylation is 1. The van der Waals surface area contributed by atoms with E-state index < -0.39 is 10.0 Å². The first-order valence-corrected chi connectivity index (χ1v) is 9.79. The SMILES string of the molecule is Cc1ccc(CC(C)NS(=O)(=O)c2ccc(CCO)s2)s1. The number of hydrogen-bond donors (Lipinski definition) is 2. The summed E-state index contributed by atoms with van der Waals surface area (Å²) in [6.45, 7) is 3.94. The van der Waals surface area contributed by atoms with Gasteiger partial charge in [0.25, 0.3) is 0 Å². The van der Waals surface area contributed by atoms with Crippen LogP contribution in [-0.4, -0.2) is 26.2 Å². The largest absolute Gasteiger partial charge is 0.396 e. The van der Waals surface area contributed by atoms with Gasteiger partial charge in [-0.3, -0.25) is 0 Å². The second kappa shape index (κ2) is 7.02. The number of thiophene rings is 2. The van der Waals surface area contributed by atoms with Gasteiger partial charge in [-0.05, 0) is 44.5 Å². The fourth-order valence-electron chi connectivity index (χ4n) is 2.01. The van der Waals surface area contributed by atoms with Crippen LogP contribution in [0.2, 0.25) is 0 Å². The summed E-state index contributed by atoms with van der Waals surface area (Å²) < 4.78 is 27.6. The summed E-state index contributed by atoms with van der Waals surface area (Å²) in [7, 11) is -3.48. The molecule has 2 aromatic heterocycles. The lowest BCUT2D eigenvalue weighted by molar-refractivity contribution is 0.300. The van der Waals surface area contributed by atoms with Gasteiger partial charge in [-0.1, -0.05) is 0 Å². The summed E-state index contributed by atoms with van der Waals surface area (Å²) >= 11 is 2.90. The Bertz CT molecular complexity index is 688. The van der Waals surface area contributed by atoms with Crippen LogP contribution in [0.15, 0.2) is 28.5 Å². The van der Waals surface area contributed by atoms with Crippen molar-refractivity contribution in [2.45, 2.75) is 36.9 Å². The van der Waals surface area contributed by atoms with Gasteiger partial charge < -0.3 is 5.11 Å². The van der Waals surface area contributed by atoms with Crippen LogP contribution in [0.4, 0.5) is 0 Å². The number of nitrogens with one attached hydrogen (secondary N) is 1. The number of aliphatic hydroxyl groups is 1. The third-order valence-corrected chi connectivity index (χ3v) is 7.17. The Morgan fingerprint density at radius 2 is 1.90 bits per heavy atom. The maximum atomic E-state index is 12.3. The second-order valence-electron chi connectivity index (χ2n) is 4.93. The molecule has 2 aromatic rings. The van der Waals surface area contributed by atoms with E-state index in [0.29, 0.717) is 17.1 Å². The Morgan fingerprint density at radius 3 is 2.52 bits per heavy atom. The summed E-state index contributed by atoms with van der Waals surface area (Å²) in [5, 5.41) is 8.89. The first-order valence-electron chi connectivity index (χ1n) is 6.68. The summed E-state index contributed by atoms with van der Waals surface area (Å²) in [5.41, 5.74) is 0. The number of sulfonamides is 1. The summed E-state index contributed by atoms with van der Waals surface area (Å²) in [6.07, 6.45) is 1.18. The zero-order valence-corrected chi connectivity index (χ0v) is 14.4. The Labute approximate surface area is 133 Å². The lowest BCUT2D eigenvalue weighted by Crippen LogP contribution is -2.33. The molecule has 0 amide bonds. The molecule has 0 fully saturated rings. The van der Waals surface area contributed by atoms with Crippen molar-refractivity contribution in [2.75, 3.05) is 6.61 Å². The van der Waals surface area contributed by atoms with E-state index in [9.17, 15) is 8.42 Å². The van der Waals surface area contributed by atoms with Crippen LogP contribution in [0.5, 0.6) is 0 Å². The summed E-state index contributed by atoms with van der Waals surface area (Å²) in [4.78, 5) is 3.28. The maximum absolute atomic E-state index is 12.3. The van der Waals surface area contributed by atoms with Crippen LogP contribution >= 0.6 is 22.7 Å². The van der Waals surface area contributed by atoms with Gasteiger partial charge >= 0.3 is 0 Å². The molecule has 2 rings (SSSR count). The van der Waals surface area contributed by atoms with Crippen LogP contribution in [0.1, 0.15) is 21.6 Å². The molecule has 21 heavy (non-hydrogen) atoms. The van der Waals surface area contributed by atoms with Crippen LogP contribution in [0.3, 0.4) is 0 Å². The number of rotatable bonds is 7. The third-order valence-electron chi connectivity index (χ3n) is 2.92. The van der Waals surface area contributed by atoms with Crippen molar-refractivity contribution in [3.8, 4) is 0 Å². The summed E-state index contributed by atoms with van der Waals surface area (Å²) in [5.74, 6) is 0. The van der Waals surface area contributed by atoms with E-state index in [-0.39, 0.29) is 12.6 Å². The number of aliphatic hydroxyl groups excluding tert-OH is 1. The lowest BCUT2D eigenvalue weighted by Gasteiger charge is -2.12. The van der Waals surface area contributed by atoms with Gasteiger partial charge in [0.1, 0.15) is 4.21 Å². The monoisotopic (exact) mass is 345 g/mol. The van der Waals surface area contributed by atoms with Gasteiger partial charge in [-0.25, -0.2) is 13.1 Å². The molecule has 116 valence electrons. The minimum absolute atomic E-state index is 0.0293. The highest BCUT2D eigenvalue weighted by molar-refractivity contribution is 7.91. The van der Waals surface area contributed by atoms with Crippen LogP contribution in [-0.2, 0) is 22.9 Å². The molecule has 1 atom stereocenters. The van der Waals surface area contributed by atoms with Crippen molar-refractivity contribution in [3.05, 3.63) is 38.9 Å². The summed E-state index contributed by atoms with van der Waals surface area (Å²) in [6, 6.07) is 7.27. The topological polar surface area (TPSA) is 66.4 Å². The molecule has 0 spiro atoms. The Morgan fingerprint density at radius 1 is 1.19 bits per heavy atom. The normalized spacial score (nSPS) is 13.5. The average molecular weight is 346 g/mol. The van der Waals surface area contributed by atoms with Crippen molar-refractivity contribution in [2.24, 2.45) is 0 Å². The van der Waals surface area contributed by atoms with Crippen molar-refractivity contribution < 1.29 is 13.5 Å². The molecule has 4 nitrogen and oxygen atoms in total. The minimum atomic E-state index is -3.48. The van der Waals surface area contributed by atoms with E-state index in [2.05, 4.69) is 4.72 Å². The van der Waals surface area contributed by atoms with Gasteiger partial charge in [-0.15, -0.1) is 22.7 Å². The van der Waals surface area contributed by atoms with E-state index in [4.69, 9.17) is 5.11 Å². The molecule has 0 saturated heterocycles. The predicted molar refractivity (Wildman–Crippen MR) is 87.7 cm³/mol. The third kappa shape index (κ3) is 4.62. The second-order valence-corrected chi connectivity index (χ2v) is 9.41. The highest BCUT2D eigenvalue weighted by Crippen LogP contribution is 2.23. The van der Waals surface area contributed by atoms with E-state index in [0.717, 1.165) is 4.88 Å². The molecule has 2 N–H and O–H groups in total. The van der Waals surface area contributed by atoms with Crippen LogP contribution in [0.25, 0.3) is 0 Å². The molecule has 0 aliphatic heterocycles. The standard InChI is InChI=1S/C14H19NO3S3/c1-10(9-13-4-3-11(2)19-13)15-21(17,18)14-6-5-12(20-14)7-8-16/h3-6,10,15-16H,7-9H2,1-2H3. The molecule has 0 saturated carbocycles. The van der Waals surface area contributed by atoms with Crippen molar-refractivity contribution >= 4 is 32.7 Å². The molecule has 0 aliphatic carbocycles. The van der Waals surface area contributed by atoms with Gasteiger partial charge in [0.15, 0.2) is 0 Å². The van der Waals surface area contributed by atoms with E-state index in [1.54, 1.807) is 23.5 Å². The lowest BCUT2D eigenvalue weighted by atomic mass is 10.2. The van der Waals surface area contributed by atoms with E-state index in [1.807, 2.05) is 26.0 Å². The zero-order chi connectivity index (χ0) is 15.5. The van der Waals surface area contributed by atoms with E-state index >= 15 is 0 Å². The quantitative estimate of drug-likeness (QED) is 0.810. The van der Waals surface area contributed by atoms with Gasteiger partial charge in [0.05, 0.1) is 0 Å². The van der Waals surface area contributed by atoms with Crippen LogP contribution in [0, 0.1) is 6.92 Å². The molecular formula is C14H19NO3S3. The van der Waals surface area contributed by atoms with Crippen LogP contribution < -0.4 is 4.72 Å². The molecule has 0 bridgehead atoms. The molecule has 0 aromatic carbocycles. The first kappa shape index (κ1) is 16.6. The van der Waals surface area contributed by atoms with Crippen molar-refractivity contribution in [3.63, 3.8) is 0 Å². The number of hydrogen-bond acceptors (Lipinski definition) is 5. The average Bonchev–Trinajstić information content (AvgIpc) is 2.99. The van der Waals surface area contributed by atoms with E-state index in [1.165, 1.54) is 21.1 Å². The maximum Gasteiger partial charge on any atom is 0.250 e. The predicted octanol–water partition coefficient (Wildman–Crippen LogP) is 2.56. The Hall–Kier alpha value is -0.730. The van der Waals surface area contributed by atoms with Gasteiger partial charge in [-0.2, -0.15) is 0 Å². The molecule has 2 heterocycles. The van der Waals surface area contributed by atoms with Crippen molar-refractivity contribution in [1.82, 2.24) is 4.72 Å². The molecule has 7 heteroatoms. The Kier molecular flexibility index (Phi) is 5.56. The highest BCUT2D eigenvalue weighted by atomic mass is 32.2. The highest BCUT2D eigenvalue weighted by Gasteiger charge is 2.20. The molecule has 1 unspecified atom stereocenters. The molecular weight excluding hydrogens is 326 g/mol. The molecule has 0 aliphatic rings. The van der Waals surface area contributed by atoms with Gasteiger partial charge in [0, 0.05) is 33.7 Å².